The number of carbonyl (C=O) groups is 2. The van der Waals surface area contributed by atoms with E-state index in [1.807, 2.05) is 0 Å². The molecule has 0 radical (unpaired) electrons. The van der Waals surface area contributed by atoms with Crippen molar-refractivity contribution >= 4 is 11.6 Å². The molecule has 1 saturated heterocycles. The van der Waals surface area contributed by atoms with Crippen LogP contribution in [-0.4, -0.2) is 37.4 Å². The second kappa shape index (κ2) is 4.19. The Kier molecular flexibility index (Phi) is 2.93. The monoisotopic (exact) mass is 197 g/mol. The fourth-order valence-electron chi connectivity index (χ4n) is 2.17. The average Bonchev–Trinajstić information content (AvgIpc) is 2.23. The zero-order chi connectivity index (χ0) is 9.97. The molecule has 0 aromatic heterocycles. The Balaban J connectivity index is 2.00. The number of carbonyl (C=O) groups excluding carboxylic acids is 2. The van der Waals surface area contributed by atoms with Crippen molar-refractivity contribution in [3.8, 4) is 0 Å². The zero-order valence-corrected chi connectivity index (χ0v) is 8.12. The summed E-state index contributed by atoms with van der Waals surface area (Å²) in [6.07, 6.45) is 2.10. The van der Waals surface area contributed by atoms with Crippen molar-refractivity contribution in [2.24, 2.45) is 5.92 Å². The van der Waals surface area contributed by atoms with Crippen LogP contribution >= 0.6 is 0 Å². The predicted molar refractivity (Wildman–Crippen MR) is 50.0 cm³/mol. The van der Waals surface area contributed by atoms with E-state index in [-0.39, 0.29) is 23.5 Å². The quantitative estimate of drug-likeness (QED) is 0.597. The summed E-state index contributed by atoms with van der Waals surface area (Å²) in [6.45, 7) is 2.04. The lowest BCUT2D eigenvalue weighted by atomic mass is 9.82. The van der Waals surface area contributed by atoms with Gasteiger partial charge < -0.3 is 10.1 Å². The van der Waals surface area contributed by atoms with E-state index >= 15 is 0 Å². The molecule has 0 spiro atoms. The molecule has 1 saturated carbocycles. The highest BCUT2D eigenvalue weighted by molar-refractivity contribution is 6.38. The number of ether oxygens (including phenoxy) is 1. The number of Topliss-reactive ketones (excluding diaryl/α,β-unsaturated/α-hetero) is 2. The average molecular weight is 197 g/mol. The van der Waals surface area contributed by atoms with Crippen LogP contribution in [0.25, 0.3) is 0 Å². The summed E-state index contributed by atoms with van der Waals surface area (Å²) >= 11 is 0. The summed E-state index contributed by atoms with van der Waals surface area (Å²) in [6, 6.07) is 0.0560. The maximum Gasteiger partial charge on any atom is 0.203 e. The molecule has 2 unspecified atom stereocenters. The van der Waals surface area contributed by atoms with Crippen molar-refractivity contribution in [1.29, 1.82) is 0 Å². The summed E-state index contributed by atoms with van der Waals surface area (Å²) < 4.78 is 5.29. The van der Waals surface area contributed by atoms with Crippen LogP contribution in [0.15, 0.2) is 0 Å². The van der Waals surface area contributed by atoms with E-state index in [0.717, 1.165) is 19.4 Å². The molecule has 2 aliphatic rings. The van der Waals surface area contributed by atoms with Crippen molar-refractivity contribution < 1.29 is 14.3 Å². The summed E-state index contributed by atoms with van der Waals surface area (Å²) in [5.74, 6) is -0.538. The van der Waals surface area contributed by atoms with Gasteiger partial charge in [0.2, 0.25) is 5.78 Å². The Morgan fingerprint density at radius 3 is 2.93 bits per heavy atom. The minimum absolute atomic E-state index is 0.0560. The molecule has 0 aromatic rings. The predicted octanol–water partition coefficient (Wildman–Crippen LogP) is -0.0869. The van der Waals surface area contributed by atoms with Gasteiger partial charge in [0.15, 0.2) is 5.78 Å². The molecule has 2 rings (SSSR count). The molecule has 1 N–H and O–H groups in total. The highest BCUT2D eigenvalue weighted by Gasteiger charge is 2.35. The molecular formula is C10H15NO3. The Morgan fingerprint density at radius 2 is 2.21 bits per heavy atom. The Labute approximate surface area is 83.0 Å². The summed E-state index contributed by atoms with van der Waals surface area (Å²) in [7, 11) is 0. The second-order valence-electron chi connectivity index (χ2n) is 3.92. The van der Waals surface area contributed by atoms with E-state index in [0.29, 0.717) is 19.6 Å². The molecule has 2 fully saturated rings. The standard InChI is InChI=1S/C10H15NO3/c12-9-3-1-2-7(10(9)13)8-6-14-5-4-11-8/h7-8,11H,1-6H2. The fraction of sp³-hybridized carbons (Fsp3) is 0.800. The van der Waals surface area contributed by atoms with E-state index in [9.17, 15) is 9.59 Å². The van der Waals surface area contributed by atoms with E-state index in [2.05, 4.69) is 5.32 Å². The van der Waals surface area contributed by atoms with Crippen LogP contribution in [-0.2, 0) is 14.3 Å². The van der Waals surface area contributed by atoms with Crippen molar-refractivity contribution in [3.63, 3.8) is 0 Å². The first-order valence-corrected chi connectivity index (χ1v) is 5.17. The maximum absolute atomic E-state index is 11.6. The molecule has 4 nitrogen and oxygen atoms in total. The Morgan fingerprint density at radius 1 is 1.36 bits per heavy atom. The van der Waals surface area contributed by atoms with E-state index in [1.54, 1.807) is 0 Å². The largest absolute Gasteiger partial charge is 0.378 e. The fourth-order valence-corrected chi connectivity index (χ4v) is 2.17. The van der Waals surface area contributed by atoms with E-state index in [4.69, 9.17) is 4.74 Å². The van der Waals surface area contributed by atoms with Gasteiger partial charge in [0.05, 0.1) is 13.2 Å². The number of hydrogen-bond donors (Lipinski definition) is 1. The SMILES string of the molecule is O=C1CCCC(C2COCCN2)C1=O. The van der Waals surface area contributed by atoms with Crippen LogP contribution in [0.4, 0.5) is 0 Å². The number of morpholine rings is 1. The third-order valence-corrected chi connectivity index (χ3v) is 2.97. The smallest absolute Gasteiger partial charge is 0.203 e. The van der Waals surface area contributed by atoms with E-state index < -0.39 is 0 Å². The van der Waals surface area contributed by atoms with Gasteiger partial charge in [-0.15, -0.1) is 0 Å². The van der Waals surface area contributed by atoms with Crippen LogP contribution in [0.2, 0.25) is 0 Å². The lowest BCUT2D eigenvalue weighted by molar-refractivity contribution is -0.142. The van der Waals surface area contributed by atoms with Gasteiger partial charge >= 0.3 is 0 Å². The van der Waals surface area contributed by atoms with Gasteiger partial charge in [-0.25, -0.2) is 0 Å². The first-order valence-electron chi connectivity index (χ1n) is 5.17. The van der Waals surface area contributed by atoms with Gasteiger partial charge in [0, 0.05) is 24.9 Å². The molecule has 0 amide bonds. The molecule has 0 aromatic carbocycles. The third-order valence-electron chi connectivity index (χ3n) is 2.97. The second-order valence-corrected chi connectivity index (χ2v) is 3.92. The highest BCUT2D eigenvalue weighted by Crippen LogP contribution is 2.22. The number of ketones is 2. The third kappa shape index (κ3) is 1.86. The first kappa shape index (κ1) is 9.80. The van der Waals surface area contributed by atoms with Crippen molar-refractivity contribution in [2.75, 3.05) is 19.8 Å². The summed E-state index contributed by atoms with van der Waals surface area (Å²) in [5.41, 5.74) is 0. The Bertz CT molecular complexity index is 246. The van der Waals surface area contributed by atoms with Crippen molar-refractivity contribution in [1.82, 2.24) is 5.32 Å². The molecular weight excluding hydrogens is 182 g/mol. The maximum atomic E-state index is 11.6. The van der Waals surface area contributed by atoms with Crippen molar-refractivity contribution in [3.05, 3.63) is 0 Å². The molecule has 1 aliphatic heterocycles. The number of hydrogen-bond acceptors (Lipinski definition) is 4. The normalized spacial score (nSPS) is 34.6. The molecule has 2 atom stereocenters. The van der Waals surface area contributed by atoms with Gasteiger partial charge in [-0.3, -0.25) is 9.59 Å². The van der Waals surface area contributed by atoms with Crippen LogP contribution in [0.3, 0.4) is 0 Å². The van der Waals surface area contributed by atoms with Gasteiger partial charge in [-0.2, -0.15) is 0 Å². The topological polar surface area (TPSA) is 55.4 Å². The van der Waals surface area contributed by atoms with Gasteiger partial charge in [0.25, 0.3) is 0 Å². The minimum Gasteiger partial charge on any atom is -0.378 e. The Hall–Kier alpha value is -0.740. The molecule has 14 heavy (non-hydrogen) atoms. The van der Waals surface area contributed by atoms with Gasteiger partial charge in [-0.05, 0) is 12.8 Å². The van der Waals surface area contributed by atoms with E-state index in [1.165, 1.54) is 0 Å². The van der Waals surface area contributed by atoms with Gasteiger partial charge in [-0.1, -0.05) is 0 Å². The lowest BCUT2D eigenvalue weighted by Crippen LogP contribution is -2.50. The molecule has 1 heterocycles. The van der Waals surface area contributed by atoms with Crippen LogP contribution < -0.4 is 5.32 Å². The molecule has 78 valence electrons. The number of rotatable bonds is 1. The van der Waals surface area contributed by atoms with Crippen LogP contribution in [0.1, 0.15) is 19.3 Å². The zero-order valence-electron chi connectivity index (χ0n) is 8.12. The number of nitrogens with one attached hydrogen (secondary N) is 1. The summed E-state index contributed by atoms with van der Waals surface area (Å²) in [5, 5.41) is 3.24. The van der Waals surface area contributed by atoms with Crippen LogP contribution in [0, 0.1) is 5.92 Å². The first-order chi connectivity index (χ1) is 6.79. The molecule has 4 heteroatoms. The lowest BCUT2D eigenvalue weighted by Gasteiger charge is -2.31. The minimum atomic E-state index is -0.200. The van der Waals surface area contributed by atoms with Crippen LogP contribution in [0.5, 0.6) is 0 Å². The summed E-state index contributed by atoms with van der Waals surface area (Å²) in [4.78, 5) is 22.8. The van der Waals surface area contributed by atoms with Crippen molar-refractivity contribution in [2.45, 2.75) is 25.3 Å². The molecule has 1 aliphatic carbocycles. The highest BCUT2D eigenvalue weighted by atomic mass is 16.5. The molecule has 0 bridgehead atoms. The van der Waals surface area contributed by atoms with Gasteiger partial charge in [0.1, 0.15) is 0 Å².